The fourth-order valence-corrected chi connectivity index (χ4v) is 5.27. The molecule has 5 heteroatoms. The number of benzene rings is 4. The summed E-state index contributed by atoms with van der Waals surface area (Å²) in [5, 5.41) is 25.6. The fraction of sp³-hybridized carbons (Fsp3) is 0. The van der Waals surface area contributed by atoms with E-state index in [1.54, 1.807) is 24.5 Å². The molecule has 40 heavy (non-hydrogen) atoms. The second-order valence-corrected chi connectivity index (χ2v) is 9.63. The van der Waals surface area contributed by atoms with E-state index in [2.05, 4.69) is 16.0 Å². The highest BCUT2D eigenvalue weighted by Gasteiger charge is 2.17. The molecule has 0 radical (unpaired) electrons. The minimum absolute atomic E-state index is 0.116. The van der Waals surface area contributed by atoms with E-state index in [0.717, 1.165) is 55.4 Å². The number of nitrogens with zero attached hydrogens (tertiary/aromatic N) is 3. The van der Waals surface area contributed by atoms with Crippen LogP contribution >= 0.6 is 0 Å². The minimum atomic E-state index is 0.116. The van der Waals surface area contributed by atoms with Crippen LogP contribution in [0.1, 0.15) is 0 Å². The smallest absolute Gasteiger partial charge is 0.124 e. The molecule has 0 amide bonds. The molecule has 5 nitrogen and oxygen atoms in total. The number of aromatic hydroxyl groups is 2. The third-order valence-corrected chi connectivity index (χ3v) is 7.17. The van der Waals surface area contributed by atoms with E-state index in [9.17, 15) is 10.2 Å². The van der Waals surface area contributed by atoms with Crippen LogP contribution < -0.4 is 0 Å². The number of aromatic nitrogens is 3. The molecule has 4 aromatic carbocycles. The van der Waals surface area contributed by atoms with Crippen LogP contribution in [0.15, 0.2) is 128 Å². The summed E-state index contributed by atoms with van der Waals surface area (Å²) >= 11 is 0. The number of rotatable bonds is 4. The maximum Gasteiger partial charge on any atom is 0.124 e. The van der Waals surface area contributed by atoms with Gasteiger partial charge in [0, 0.05) is 23.5 Å². The number of phenols is 2. The molecule has 0 aliphatic rings. The average molecular weight is 518 g/mol. The Morgan fingerprint density at radius 3 is 1.62 bits per heavy atom. The van der Waals surface area contributed by atoms with Crippen molar-refractivity contribution in [3.05, 3.63) is 128 Å². The highest BCUT2D eigenvalue weighted by Crippen LogP contribution is 2.45. The molecular formula is C35H23N3O2. The van der Waals surface area contributed by atoms with Gasteiger partial charge in [-0.25, -0.2) is 4.98 Å². The van der Waals surface area contributed by atoms with Crippen molar-refractivity contribution in [3.8, 4) is 56.5 Å². The summed E-state index contributed by atoms with van der Waals surface area (Å²) in [6, 6.07) is 36.8. The van der Waals surface area contributed by atoms with Gasteiger partial charge in [0.1, 0.15) is 11.5 Å². The van der Waals surface area contributed by atoms with Crippen molar-refractivity contribution < 1.29 is 10.2 Å². The fourth-order valence-electron chi connectivity index (χ4n) is 5.27. The molecule has 3 heterocycles. The zero-order valence-electron chi connectivity index (χ0n) is 21.4. The van der Waals surface area contributed by atoms with Gasteiger partial charge >= 0.3 is 0 Å². The minimum Gasteiger partial charge on any atom is -0.507 e. The first-order valence-corrected chi connectivity index (χ1v) is 13.0. The van der Waals surface area contributed by atoms with E-state index in [-0.39, 0.29) is 11.5 Å². The van der Waals surface area contributed by atoms with Crippen LogP contribution in [0.2, 0.25) is 0 Å². The Morgan fingerprint density at radius 1 is 0.425 bits per heavy atom. The van der Waals surface area contributed by atoms with Crippen LogP contribution in [0.4, 0.5) is 0 Å². The predicted molar refractivity (Wildman–Crippen MR) is 160 cm³/mol. The number of phenolic OH excluding ortho intramolecular Hbond substituents is 2. The molecule has 3 aromatic heterocycles. The van der Waals surface area contributed by atoms with E-state index in [4.69, 9.17) is 4.98 Å². The van der Waals surface area contributed by atoms with E-state index in [0.29, 0.717) is 11.1 Å². The molecule has 2 N–H and O–H groups in total. The average Bonchev–Trinajstić information content (AvgIpc) is 3.02. The van der Waals surface area contributed by atoms with Crippen molar-refractivity contribution in [2.45, 2.75) is 0 Å². The second-order valence-electron chi connectivity index (χ2n) is 9.63. The molecule has 0 aliphatic heterocycles. The Hall–Kier alpha value is -5.55. The van der Waals surface area contributed by atoms with Crippen molar-refractivity contribution in [1.29, 1.82) is 0 Å². The Labute approximate surface area is 230 Å². The molecule has 190 valence electrons. The normalized spacial score (nSPS) is 11.2. The van der Waals surface area contributed by atoms with Crippen molar-refractivity contribution in [3.63, 3.8) is 0 Å². The summed E-state index contributed by atoms with van der Waals surface area (Å²) in [7, 11) is 0. The van der Waals surface area contributed by atoms with Gasteiger partial charge in [0.2, 0.25) is 0 Å². The zero-order valence-corrected chi connectivity index (χ0v) is 21.4. The lowest BCUT2D eigenvalue weighted by atomic mass is 9.91. The molecule has 0 fully saturated rings. The summed E-state index contributed by atoms with van der Waals surface area (Å²) in [6.45, 7) is 0. The molecule has 0 saturated heterocycles. The molecule has 0 saturated carbocycles. The van der Waals surface area contributed by atoms with Crippen molar-refractivity contribution in [1.82, 2.24) is 15.0 Å². The van der Waals surface area contributed by atoms with Crippen molar-refractivity contribution in [2.75, 3.05) is 0 Å². The summed E-state index contributed by atoms with van der Waals surface area (Å²) in [6.07, 6.45) is 3.52. The molecule has 0 aliphatic carbocycles. The summed E-state index contributed by atoms with van der Waals surface area (Å²) in [4.78, 5) is 13.9. The lowest BCUT2D eigenvalue weighted by Gasteiger charge is -2.15. The highest BCUT2D eigenvalue weighted by molar-refractivity contribution is 6.10. The van der Waals surface area contributed by atoms with Gasteiger partial charge < -0.3 is 10.2 Å². The lowest BCUT2D eigenvalue weighted by molar-refractivity contribution is 0.470. The first-order chi connectivity index (χ1) is 19.7. The van der Waals surface area contributed by atoms with E-state index in [1.165, 1.54) is 0 Å². The SMILES string of the molecule is Oc1ccc2ccccc2c1-c1c(O)ccc2cc(-c3cc(-c4ccccn4)nc(-c4ccccn4)c3)ccc12. The van der Waals surface area contributed by atoms with Gasteiger partial charge in [-0.3, -0.25) is 9.97 Å². The van der Waals surface area contributed by atoms with Gasteiger partial charge in [-0.2, -0.15) is 0 Å². The van der Waals surface area contributed by atoms with E-state index >= 15 is 0 Å². The van der Waals surface area contributed by atoms with E-state index in [1.807, 2.05) is 97.1 Å². The largest absolute Gasteiger partial charge is 0.507 e. The van der Waals surface area contributed by atoms with Gasteiger partial charge in [-0.15, -0.1) is 0 Å². The Kier molecular flexibility index (Phi) is 5.68. The summed E-state index contributed by atoms with van der Waals surface area (Å²) in [5.74, 6) is 0.241. The number of hydrogen-bond acceptors (Lipinski definition) is 5. The van der Waals surface area contributed by atoms with Gasteiger partial charge in [0.05, 0.1) is 22.8 Å². The monoisotopic (exact) mass is 517 g/mol. The van der Waals surface area contributed by atoms with Crippen LogP contribution in [0.3, 0.4) is 0 Å². The maximum absolute atomic E-state index is 11.0. The first-order valence-electron chi connectivity index (χ1n) is 13.0. The van der Waals surface area contributed by atoms with Crippen molar-refractivity contribution in [2.24, 2.45) is 0 Å². The highest BCUT2D eigenvalue weighted by atomic mass is 16.3. The van der Waals surface area contributed by atoms with Gasteiger partial charge in [-0.1, -0.05) is 60.7 Å². The second kappa shape index (κ2) is 9.64. The quantitative estimate of drug-likeness (QED) is 0.246. The van der Waals surface area contributed by atoms with Crippen LogP contribution in [0, 0.1) is 0 Å². The number of pyridine rings is 3. The number of fused-ring (bicyclic) bond motifs is 2. The molecule has 7 rings (SSSR count). The maximum atomic E-state index is 11.0. The molecule has 7 aromatic rings. The van der Waals surface area contributed by atoms with Gasteiger partial charge in [-0.05, 0) is 87.3 Å². The summed E-state index contributed by atoms with van der Waals surface area (Å²) in [5.41, 5.74) is 6.26. The van der Waals surface area contributed by atoms with Crippen LogP contribution in [0.5, 0.6) is 11.5 Å². The third-order valence-electron chi connectivity index (χ3n) is 7.17. The lowest BCUT2D eigenvalue weighted by Crippen LogP contribution is -1.94. The van der Waals surface area contributed by atoms with Gasteiger partial charge in [0.25, 0.3) is 0 Å². The van der Waals surface area contributed by atoms with Crippen molar-refractivity contribution >= 4 is 21.5 Å². The molecule has 0 spiro atoms. The van der Waals surface area contributed by atoms with Crippen LogP contribution in [0.25, 0.3) is 66.6 Å². The Morgan fingerprint density at radius 2 is 1.00 bits per heavy atom. The topological polar surface area (TPSA) is 79.1 Å². The Bertz CT molecular complexity index is 1970. The summed E-state index contributed by atoms with van der Waals surface area (Å²) < 4.78 is 0. The van der Waals surface area contributed by atoms with Gasteiger partial charge in [0.15, 0.2) is 0 Å². The first kappa shape index (κ1) is 23.6. The molecule has 0 unspecified atom stereocenters. The Balaban J connectivity index is 1.43. The standard InChI is InChI=1S/C35H23N3O2/c39-32-15-12-22-7-1-2-8-26(22)34(32)35-27-14-11-23(19-24(27)13-16-33(35)40)25-20-30(28-9-3-5-17-36-28)38-31(21-25)29-10-4-6-18-37-29/h1-21,39-40H. The number of hydrogen-bond donors (Lipinski definition) is 2. The molecular weight excluding hydrogens is 494 g/mol. The molecule has 0 atom stereocenters. The van der Waals surface area contributed by atoms with Crippen LogP contribution in [-0.4, -0.2) is 25.2 Å². The predicted octanol–water partition coefficient (Wildman–Crippen LogP) is 8.26. The zero-order chi connectivity index (χ0) is 27.1. The third kappa shape index (κ3) is 4.10. The van der Waals surface area contributed by atoms with Crippen LogP contribution in [-0.2, 0) is 0 Å². The van der Waals surface area contributed by atoms with E-state index < -0.39 is 0 Å². The molecule has 0 bridgehead atoms.